The maximum absolute atomic E-state index is 14.3. The van der Waals surface area contributed by atoms with Crippen LogP contribution in [-0.2, 0) is 12.3 Å². The zero-order valence-electron chi connectivity index (χ0n) is 18.4. The van der Waals surface area contributed by atoms with E-state index in [1.54, 1.807) is 6.92 Å². The largest absolute Gasteiger partial charge is 0.469 e. The molecule has 1 amide bonds. The van der Waals surface area contributed by atoms with Crippen LogP contribution in [0.3, 0.4) is 0 Å². The zero-order chi connectivity index (χ0) is 24.8. The van der Waals surface area contributed by atoms with Gasteiger partial charge >= 0.3 is 18.1 Å². The molecule has 35 heavy (non-hydrogen) atoms. The van der Waals surface area contributed by atoms with Gasteiger partial charge in [-0.25, -0.2) is 4.79 Å². The van der Waals surface area contributed by atoms with Crippen LogP contribution >= 0.6 is 0 Å². The number of halogens is 4. The third-order valence-electron chi connectivity index (χ3n) is 5.79. The van der Waals surface area contributed by atoms with E-state index in [4.69, 9.17) is 0 Å². The third-order valence-corrected chi connectivity index (χ3v) is 5.79. The fourth-order valence-electron chi connectivity index (χ4n) is 4.02. The van der Waals surface area contributed by atoms with Gasteiger partial charge < -0.3 is 10.1 Å². The summed E-state index contributed by atoms with van der Waals surface area (Å²) in [5.41, 5.74) is 1.95. The van der Waals surface area contributed by atoms with Crippen LogP contribution in [0.25, 0.3) is 22.4 Å². The van der Waals surface area contributed by atoms with Gasteiger partial charge in [-0.1, -0.05) is 67.6 Å². The first-order chi connectivity index (χ1) is 16.7. The molecule has 0 radical (unpaired) electrons. The molecule has 3 aromatic carbocycles. The van der Waals surface area contributed by atoms with Gasteiger partial charge in [-0.05, 0) is 29.7 Å². The fraction of sp³-hybridized carbons (Fsp3) is 0.154. The number of amides is 1. The van der Waals surface area contributed by atoms with Gasteiger partial charge in [0.1, 0.15) is 11.4 Å². The Kier molecular flexibility index (Phi) is 5.35. The minimum absolute atomic E-state index is 0.0652. The van der Waals surface area contributed by atoms with Crippen LogP contribution in [0.2, 0.25) is 0 Å². The number of carbonyl (C=O) groups is 1. The van der Waals surface area contributed by atoms with Crippen LogP contribution in [0.1, 0.15) is 18.1 Å². The van der Waals surface area contributed by atoms with Gasteiger partial charge in [-0.3, -0.25) is 0 Å². The molecule has 1 N–H and O–H groups in total. The minimum atomic E-state index is -4.67. The summed E-state index contributed by atoms with van der Waals surface area (Å²) in [5.74, 6) is -5.09. The summed E-state index contributed by atoms with van der Waals surface area (Å²) >= 11 is 0. The number of anilines is 1. The molecule has 0 bridgehead atoms. The molecule has 1 aliphatic heterocycles. The van der Waals surface area contributed by atoms with Crippen LogP contribution in [0.15, 0.2) is 79.0 Å². The maximum Gasteiger partial charge on any atom is 0.469 e. The first-order valence-corrected chi connectivity index (χ1v) is 10.8. The van der Waals surface area contributed by atoms with E-state index in [1.165, 1.54) is 12.3 Å². The van der Waals surface area contributed by atoms with E-state index < -0.39 is 29.4 Å². The van der Waals surface area contributed by atoms with Crippen LogP contribution in [0.4, 0.5) is 28.0 Å². The number of rotatable bonds is 4. The Morgan fingerprint density at radius 3 is 2.23 bits per heavy atom. The predicted molar refractivity (Wildman–Crippen MR) is 123 cm³/mol. The Labute approximate surface area is 198 Å². The van der Waals surface area contributed by atoms with Crippen molar-refractivity contribution in [1.29, 1.82) is 0 Å². The highest BCUT2D eigenvalue weighted by atomic mass is 19.3. The SMILES string of the molecule is CCc1cc(NC(=O)n2cc(-c3ccccc3)c(-c3ccccc3)n2)cc2c1OC(F)(F)C2(F)F. The lowest BCUT2D eigenvalue weighted by molar-refractivity contribution is -0.296. The summed E-state index contributed by atoms with van der Waals surface area (Å²) in [5, 5.41) is 6.93. The minimum Gasteiger partial charge on any atom is -0.427 e. The molecule has 2 heterocycles. The summed E-state index contributed by atoms with van der Waals surface area (Å²) in [6.07, 6.45) is -2.98. The van der Waals surface area contributed by atoms with Crippen molar-refractivity contribution in [2.45, 2.75) is 25.4 Å². The molecule has 1 aromatic heterocycles. The van der Waals surface area contributed by atoms with E-state index in [0.717, 1.165) is 21.9 Å². The standard InChI is InChI=1S/C26H19F4N3O2/c1-2-16-13-19(14-21-23(16)35-26(29,30)25(21,27)28)31-24(34)33-15-20(17-9-5-3-6-10-17)22(32-33)18-11-7-4-8-12-18/h3-15H,2H2,1H3,(H,31,34). The quantitative estimate of drug-likeness (QED) is 0.322. The van der Waals surface area contributed by atoms with Crippen LogP contribution in [0.5, 0.6) is 5.75 Å². The van der Waals surface area contributed by atoms with Crippen LogP contribution in [-0.4, -0.2) is 21.9 Å². The van der Waals surface area contributed by atoms with Gasteiger partial charge in [0.15, 0.2) is 0 Å². The predicted octanol–water partition coefficient (Wildman–Crippen LogP) is 6.94. The average Bonchev–Trinajstić information content (AvgIpc) is 3.38. The van der Waals surface area contributed by atoms with Gasteiger partial charge in [0.25, 0.3) is 0 Å². The molecule has 0 unspecified atom stereocenters. The molecule has 0 atom stereocenters. The molecule has 178 valence electrons. The maximum atomic E-state index is 14.3. The van der Waals surface area contributed by atoms with Gasteiger partial charge in [0, 0.05) is 23.0 Å². The number of hydrogen-bond donors (Lipinski definition) is 1. The van der Waals surface area contributed by atoms with Crippen molar-refractivity contribution in [2.75, 3.05) is 5.32 Å². The molecule has 4 aromatic rings. The summed E-state index contributed by atoms with van der Waals surface area (Å²) in [7, 11) is 0. The van der Waals surface area contributed by atoms with Crippen LogP contribution < -0.4 is 10.1 Å². The van der Waals surface area contributed by atoms with Crippen molar-refractivity contribution >= 4 is 11.7 Å². The Morgan fingerprint density at radius 1 is 0.971 bits per heavy atom. The summed E-state index contributed by atoms with van der Waals surface area (Å²) in [6.45, 7) is 1.62. The first-order valence-electron chi connectivity index (χ1n) is 10.8. The van der Waals surface area contributed by atoms with Gasteiger partial charge in [-0.2, -0.15) is 27.3 Å². The zero-order valence-corrected chi connectivity index (χ0v) is 18.4. The number of fused-ring (bicyclic) bond motifs is 1. The van der Waals surface area contributed by atoms with E-state index in [2.05, 4.69) is 15.2 Å². The first kappa shape index (κ1) is 22.6. The lowest BCUT2D eigenvalue weighted by Gasteiger charge is -2.16. The number of alkyl halides is 4. The molecule has 0 spiro atoms. The number of benzene rings is 3. The summed E-state index contributed by atoms with van der Waals surface area (Å²) in [6, 6.07) is 20.0. The van der Waals surface area contributed by atoms with Crippen molar-refractivity contribution < 1.29 is 27.1 Å². The highest BCUT2D eigenvalue weighted by molar-refractivity contribution is 5.93. The number of aromatic nitrogens is 2. The fourth-order valence-corrected chi connectivity index (χ4v) is 4.02. The van der Waals surface area contributed by atoms with Crippen molar-refractivity contribution in [1.82, 2.24) is 9.78 Å². The topological polar surface area (TPSA) is 56.2 Å². The lowest BCUT2D eigenvalue weighted by Crippen LogP contribution is -2.37. The Morgan fingerprint density at radius 2 is 1.60 bits per heavy atom. The molecule has 1 aliphatic rings. The second-order valence-corrected chi connectivity index (χ2v) is 8.06. The molecule has 0 saturated heterocycles. The normalized spacial score (nSPS) is 15.3. The van der Waals surface area contributed by atoms with E-state index in [9.17, 15) is 22.4 Å². The molecule has 9 heteroatoms. The number of hydrogen-bond acceptors (Lipinski definition) is 3. The van der Waals surface area contributed by atoms with E-state index in [-0.39, 0.29) is 17.7 Å². The monoisotopic (exact) mass is 481 g/mol. The molecule has 0 fully saturated rings. The highest BCUT2D eigenvalue weighted by Gasteiger charge is 2.67. The number of nitrogens with zero attached hydrogens (tertiary/aromatic N) is 2. The van der Waals surface area contributed by atoms with Crippen LogP contribution in [0, 0.1) is 0 Å². The smallest absolute Gasteiger partial charge is 0.427 e. The van der Waals surface area contributed by atoms with E-state index >= 15 is 0 Å². The number of nitrogens with one attached hydrogen (secondary N) is 1. The summed E-state index contributed by atoms with van der Waals surface area (Å²) < 4.78 is 61.5. The Hall–Kier alpha value is -4.14. The molecule has 0 aliphatic carbocycles. The lowest BCUT2D eigenvalue weighted by atomic mass is 10.0. The van der Waals surface area contributed by atoms with Gasteiger partial charge in [0.2, 0.25) is 0 Å². The van der Waals surface area contributed by atoms with Crippen molar-refractivity contribution in [2.24, 2.45) is 0 Å². The van der Waals surface area contributed by atoms with Gasteiger partial charge in [-0.15, -0.1) is 0 Å². The van der Waals surface area contributed by atoms with E-state index in [0.29, 0.717) is 11.3 Å². The number of carbonyl (C=O) groups excluding carboxylic acids is 1. The second-order valence-electron chi connectivity index (χ2n) is 8.06. The highest BCUT2D eigenvalue weighted by Crippen LogP contribution is 2.55. The Balaban J connectivity index is 1.53. The Bertz CT molecular complexity index is 1350. The van der Waals surface area contributed by atoms with Crippen molar-refractivity contribution in [3.8, 4) is 28.1 Å². The second kappa shape index (κ2) is 8.26. The van der Waals surface area contributed by atoms with E-state index in [1.807, 2.05) is 60.7 Å². The molecule has 5 rings (SSSR count). The van der Waals surface area contributed by atoms with Crippen molar-refractivity contribution in [3.63, 3.8) is 0 Å². The van der Waals surface area contributed by atoms with Gasteiger partial charge in [0.05, 0.1) is 5.56 Å². The molecular weight excluding hydrogens is 462 g/mol. The average molecular weight is 481 g/mol. The number of aryl methyl sites for hydroxylation is 1. The molecule has 0 saturated carbocycles. The van der Waals surface area contributed by atoms with Crippen molar-refractivity contribution in [3.05, 3.63) is 90.1 Å². The summed E-state index contributed by atoms with van der Waals surface area (Å²) in [4.78, 5) is 13.1. The third kappa shape index (κ3) is 3.82. The molecule has 5 nitrogen and oxygen atoms in total. The number of ether oxygens (including phenoxy) is 1. The molecular formula is C26H19F4N3O2.